The molecule has 0 bridgehead atoms. The van der Waals surface area contributed by atoms with Gasteiger partial charge >= 0.3 is 0 Å². The van der Waals surface area contributed by atoms with Crippen molar-refractivity contribution in [2.75, 3.05) is 0 Å². The number of benzene rings is 2. The highest BCUT2D eigenvalue weighted by molar-refractivity contribution is 5.54. The molecule has 0 aliphatic heterocycles. The Balaban J connectivity index is 2.54. The van der Waals surface area contributed by atoms with Crippen molar-refractivity contribution in [2.24, 2.45) is 0 Å². The fraction of sp³-hybridized carbons (Fsp3) is 0.333. The summed E-state index contributed by atoms with van der Waals surface area (Å²) in [6, 6.07) is 6.09. The van der Waals surface area contributed by atoms with Crippen molar-refractivity contribution in [3.63, 3.8) is 0 Å². The van der Waals surface area contributed by atoms with Crippen molar-refractivity contribution in [2.45, 2.75) is 41.5 Å². The first-order valence-electron chi connectivity index (χ1n) is 6.87. The number of rotatable bonds is 2. The van der Waals surface area contributed by atoms with Crippen LogP contribution < -0.4 is 4.74 Å². The molecule has 20 heavy (non-hydrogen) atoms. The lowest BCUT2D eigenvalue weighted by Crippen LogP contribution is -1.97. The molecule has 2 rings (SSSR count). The van der Waals surface area contributed by atoms with E-state index < -0.39 is 0 Å². The smallest absolute Gasteiger partial charge is 0.133 e. The second kappa shape index (κ2) is 5.20. The summed E-state index contributed by atoms with van der Waals surface area (Å²) in [5, 5.41) is 9.98. The van der Waals surface area contributed by atoms with E-state index in [0.717, 1.165) is 39.3 Å². The number of phenols is 1. The van der Waals surface area contributed by atoms with Gasteiger partial charge in [0.1, 0.15) is 17.2 Å². The summed E-state index contributed by atoms with van der Waals surface area (Å²) in [7, 11) is 0. The third-order valence-electron chi connectivity index (χ3n) is 4.09. The molecule has 2 heteroatoms. The topological polar surface area (TPSA) is 29.5 Å². The first kappa shape index (κ1) is 14.4. The Bertz CT molecular complexity index is 670. The molecule has 0 saturated heterocycles. The number of phenolic OH excluding ortho intramolecular Hbond substituents is 1. The fourth-order valence-electron chi connectivity index (χ4n) is 2.33. The van der Waals surface area contributed by atoms with Gasteiger partial charge in [-0.25, -0.2) is 0 Å². The molecule has 0 unspecified atom stereocenters. The molecule has 0 aliphatic carbocycles. The minimum absolute atomic E-state index is 0.354. The highest BCUT2D eigenvalue weighted by Crippen LogP contribution is 2.37. The lowest BCUT2D eigenvalue weighted by Gasteiger charge is -2.17. The highest BCUT2D eigenvalue weighted by atomic mass is 16.5. The lowest BCUT2D eigenvalue weighted by molar-refractivity contribution is 0.451. The van der Waals surface area contributed by atoms with Crippen LogP contribution in [-0.4, -0.2) is 5.11 Å². The molecule has 2 aromatic rings. The van der Waals surface area contributed by atoms with Gasteiger partial charge in [-0.2, -0.15) is 0 Å². The SMILES string of the molecule is Cc1ccc(C)c(Oc2cc(C)c(O)c(C)c2C)c1C. The molecule has 2 nitrogen and oxygen atoms in total. The molecule has 0 aliphatic rings. The van der Waals surface area contributed by atoms with Crippen LogP contribution in [0.4, 0.5) is 0 Å². The van der Waals surface area contributed by atoms with E-state index in [1.165, 1.54) is 5.56 Å². The maximum Gasteiger partial charge on any atom is 0.133 e. The molecule has 0 atom stereocenters. The van der Waals surface area contributed by atoms with Crippen molar-refractivity contribution in [3.8, 4) is 17.2 Å². The minimum atomic E-state index is 0.354. The minimum Gasteiger partial charge on any atom is -0.507 e. The Morgan fingerprint density at radius 3 is 2.00 bits per heavy atom. The van der Waals surface area contributed by atoms with E-state index in [1.807, 2.05) is 26.8 Å². The van der Waals surface area contributed by atoms with Crippen LogP contribution >= 0.6 is 0 Å². The molecule has 0 heterocycles. The van der Waals surface area contributed by atoms with E-state index in [9.17, 15) is 5.11 Å². The van der Waals surface area contributed by atoms with Gasteiger partial charge in [-0.15, -0.1) is 0 Å². The normalized spacial score (nSPS) is 10.7. The monoisotopic (exact) mass is 270 g/mol. The van der Waals surface area contributed by atoms with Crippen LogP contribution in [0.2, 0.25) is 0 Å². The average Bonchev–Trinajstić information content (AvgIpc) is 2.42. The molecule has 0 amide bonds. The molecule has 1 N–H and O–H groups in total. The third-order valence-corrected chi connectivity index (χ3v) is 4.09. The van der Waals surface area contributed by atoms with Crippen LogP contribution in [0, 0.1) is 41.5 Å². The van der Waals surface area contributed by atoms with E-state index in [-0.39, 0.29) is 0 Å². The first-order valence-corrected chi connectivity index (χ1v) is 6.87. The van der Waals surface area contributed by atoms with Crippen LogP contribution in [0.15, 0.2) is 18.2 Å². The molecule has 0 radical (unpaired) electrons. The van der Waals surface area contributed by atoms with Gasteiger partial charge in [-0.05, 0) is 81.0 Å². The zero-order valence-corrected chi connectivity index (χ0v) is 13.1. The van der Waals surface area contributed by atoms with E-state index in [0.29, 0.717) is 5.75 Å². The predicted octanol–water partition coefficient (Wildman–Crippen LogP) is 5.04. The molecule has 0 spiro atoms. The summed E-state index contributed by atoms with van der Waals surface area (Å²) in [4.78, 5) is 0. The van der Waals surface area contributed by atoms with Crippen LogP contribution in [0.25, 0.3) is 0 Å². The van der Waals surface area contributed by atoms with Crippen molar-refractivity contribution < 1.29 is 9.84 Å². The van der Waals surface area contributed by atoms with Crippen molar-refractivity contribution in [1.29, 1.82) is 0 Å². The Kier molecular flexibility index (Phi) is 3.76. The predicted molar refractivity (Wildman–Crippen MR) is 83.0 cm³/mol. The van der Waals surface area contributed by atoms with Gasteiger partial charge in [-0.1, -0.05) is 12.1 Å². The van der Waals surface area contributed by atoms with Gasteiger partial charge in [0.05, 0.1) is 0 Å². The van der Waals surface area contributed by atoms with Crippen molar-refractivity contribution in [3.05, 3.63) is 51.6 Å². The second-order valence-electron chi connectivity index (χ2n) is 5.55. The van der Waals surface area contributed by atoms with Gasteiger partial charge in [0.25, 0.3) is 0 Å². The standard InChI is InChI=1S/C18H22O2/c1-10-7-8-11(2)18(13(10)4)20-16-9-12(3)17(19)15(6)14(16)5/h7-9,19H,1-6H3. The zero-order chi connectivity index (χ0) is 15.0. The number of aromatic hydroxyl groups is 1. The van der Waals surface area contributed by atoms with E-state index in [1.54, 1.807) is 0 Å². The Morgan fingerprint density at radius 1 is 0.750 bits per heavy atom. The summed E-state index contributed by atoms with van der Waals surface area (Å²) in [6.45, 7) is 12.0. The number of ether oxygens (including phenoxy) is 1. The van der Waals surface area contributed by atoms with Crippen molar-refractivity contribution in [1.82, 2.24) is 0 Å². The average molecular weight is 270 g/mol. The zero-order valence-electron chi connectivity index (χ0n) is 13.1. The van der Waals surface area contributed by atoms with E-state index in [4.69, 9.17) is 4.74 Å². The van der Waals surface area contributed by atoms with Gasteiger partial charge in [0.2, 0.25) is 0 Å². The summed E-state index contributed by atoms with van der Waals surface area (Å²) in [6.07, 6.45) is 0. The summed E-state index contributed by atoms with van der Waals surface area (Å²) >= 11 is 0. The van der Waals surface area contributed by atoms with Gasteiger partial charge < -0.3 is 9.84 Å². The summed E-state index contributed by atoms with van der Waals surface area (Å²) in [5.41, 5.74) is 6.20. The number of hydrogen-bond acceptors (Lipinski definition) is 2. The van der Waals surface area contributed by atoms with Gasteiger partial charge in [0.15, 0.2) is 0 Å². The van der Waals surface area contributed by atoms with Crippen LogP contribution in [0.3, 0.4) is 0 Å². The Labute approximate surface area is 121 Å². The molecule has 0 fully saturated rings. The molecular formula is C18H22O2. The van der Waals surface area contributed by atoms with Crippen molar-refractivity contribution >= 4 is 0 Å². The maximum atomic E-state index is 9.98. The number of aryl methyl sites for hydroxylation is 3. The van der Waals surface area contributed by atoms with E-state index in [2.05, 4.69) is 32.9 Å². The molecular weight excluding hydrogens is 248 g/mol. The Hall–Kier alpha value is -1.96. The fourth-order valence-corrected chi connectivity index (χ4v) is 2.33. The Morgan fingerprint density at radius 2 is 1.35 bits per heavy atom. The van der Waals surface area contributed by atoms with Crippen LogP contribution in [-0.2, 0) is 0 Å². The summed E-state index contributed by atoms with van der Waals surface area (Å²) in [5.74, 6) is 2.08. The first-order chi connectivity index (χ1) is 9.32. The molecule has 0 aromatic heterocycles. The van der Waals surface area contributed by atoms with Crippen LogP contribution in [0.5, 0.6) is 17.2 Å². The largest absolute Gasteiger partial charge is 0.507 e. The van der Waals surface area contributed by atoms with Crippen LogP contribution in [0.1, 0.15) is 33.4 Å². The van der Waals surface area contributed by atoms with Gasteiger partial charge in [0, 0.05) is 0 Å². The lowest BCUT2D eigenvalue weighted by atomic mass is 10.0. The quantitative estimate of drug-likeness (QED) is 0.828. The second-order valence-corrected chi connectivity index (χ2v) is 5.55. The molecule has 0 saturated carbocycles. The summed E-state index contributed by atoms with van der Waals surface area (Å²) < 4.78 is 6.16. The maximum absolute atomic E-state index is 9.98. The van der Waals surface area contributed by atoms with E-state index >= 15 is 0 Å². The number of hydrogen-bond donors (Lipinski definition) is 1. The third kappa shape index (κ3) is 2.38. The van der Waals surface area contributed by atoms with Gasteiger partial charge in [-0.3, -0.25) is 0 Å². The molecule has 106 valence electrons. The molecule has 2 aromatic carbocycles. The highest BCUT2D eigenvalue weighted by Gasteiger charge is 2.13.